The molecule has 1 N–H and O–H groups in total. The molecule has 14 heteroatoms. The molecule has 0 radical (unpaired) electrons. The minimum atomic E-state index is -5.01. The highest BCUT2D eigenvalue weighted by Crippen LogP contribution is 2.36. The zero-order chi connectivity index (χ0) is 35.8. The van der Waals surface area contributed by atoms with Gasteiger partial charge in [-0.3, -0.25) is 14.4 Å². The van der Waals surface area contributed by atoms with E-state index in [9.17, 15) is 31.9 Å². The summed E-state index contributed by atoms with van der Waals surface area (Å²) in [6.45, 7) is 10.2. The van der Waals surface area contributed by atoms with Crippen molar-refractivity contribution in [3.05, 3.63) is 111 Å². The van der Waals surface area contributed by atoms with E-state index in [1.54, 1.807) is 13.0 Å². The maximum absolute atomic E-state index is 15.6. The van der Waals surface area contributed by atoms with Crippen molar-refractivity contribution in [1.29, 1.82) is 0 Å². The number of carbonyl (C=O) groups excluding carboxylic acids is 2. The van der Waals surface area contributed by atoms with Gasteiger partial charge in [-0.15, -0.1) is 13.2 Å². The second kappa shape index (κ2) is 16.6. The van der Waals surface area contributed by atoms with Crippen LogP contribution in [0.3, 0.4) is 0 Å². The van der Waals surface area contributed by atoms with Crippen LogP contribution in [0.15, 0.2) is 60.4 Å². The van der Waals surface area contributed by atoms with E-state index in [4.69, 9.17) is 16.3 Å². The number of aryl methyl sites for hydroxylation is 2. The van der Waals surface area contributed by atoms with Crippen LogP contribution in [0.5, 0.6) is 0 Å². The molecule has 48 heavy (non-hydrogen) atoms. The monoisotopic (exact) mass is 697 g/mol. The van der Waals surface area contributed by atoms with Gasteiger partial charge in [0.05, 0.1) is 19.1 Å². The van der Waals surface area contributed by atoms with E-state index < -0.39 is 75.8 Å². The fourth-order valence-corrected chi connectivity index (χ4v) is 5.52. The molecule has 0 aliphatic carbocycles. The highest BCUT2D eigenvalue weighted by Gasteiger charge is 2.36. The van der Waals surface area contributed by atoms with Gasteiger partial charge in [0.25, 0.3) is 5.56 Å². The lowest BCUT2D eigenvalue weighted by Gasteiger charge is -2.24. The number of hydrogen-bond acceptors (Lipinski definition) is 5. The molecule has 0 aliphatic rings. The van der Waals surface area contributed by atoms with Gasteiger partial charge in [0, 0.05) is 11.6 Å². The number of unbranched alkanes of at least 4 members (excludes halogenated alkanes) is 2. The fraction of sp³-hybridized carbons (Fsp3) is 0.353. The molecule has 0 spiro atoms. The number of hydrogen-bond donors (Lipinski definition) is 1. The molecular formula is C34H34ClF6N3O4. The number of aromatic nitrogens is 2. The molecular weight excluding hydrogens is 664 g/mol. The molecule has 1 amide bonds. The largest absolute Gasteiger partial charge is 0.466 e. The topological polar surface area (TPSA) is 90.3 Å². The van der Waals surface area contributed by atoms with Gasteiger partial charge in [-0.1, -0.05) is 23.8 Å². The molecule has 7 nitrogen and oxygen atoms in total. The normalized spacial score (nSPS) is 12.7. The minimum absolute atomic E-state index is 0.0805. The van der Waals surface area contributed by atoms with Crippen LogP contribution in [-0.4, -0.2) is 28.3 Å². The molecule has 1 heterocycles. The molecule has 3 aromatic rings. The Morgan fingerprint density at radius 3 is 2.42 bits per heavy atom. The second-order valence-electron chi connectivity index (χ2n) is 10.9. The highest BCUT2D eigenvalue weighted by molar-refractivity contribution is 6.30. The van der Waals surface area contributed by atoms with Gasteiger partial charge < -0.3 is 10.1 Å². The maximum Gasteiger partial charge on any atom is 0.419 e. The van der Waals surface area contributed by atoms with Crippen LogP contribution in [0, 0.1) is 24.4 Å². The summed E-state index contributed by atoms with van der Waals surface area (Å²) < 4.78 is 90.7. The van der Waals surface area contributed by atoms with Crippen LogP contribution in [0.4, 0.5) is 26.3 Å². The zero-order valence-corrected chi connectivity index (χ0v) is 27.0. The summed E-state index contributed by atoms with van der Waals surface area (Å²) in [6, 6.07) is 1.60. The quantitative estimate of drug-likeness (QED) is 0.0750. The molecule has 0 aliphatic heterocycles. The third kappa shape index (κ3) is 9.36. The third-order valence-corrected chi connectivity index (χ3v) is 7.68. The highest BCUT2D eigenvalue weighted by atomic mass is 35.5. The standard InChI is InChI=1S/C34H34ClF6N3O4/c1-5-8-9-10-12-20-14-22(36)13-19(4)30(20)21-15-23(31(38)25(37)16-21)26(18-29(46)48-7-3)42-33(47)27(11-6-2)44-28(45)17-24(32(35)43-44)34(39,40)41/h5-6,13-17,26-27H,1-2,7-12,18H2,3-4H3,(H,42,47)/t26-,27-/m0/s1. The van der Waals surface area contributed by atoms with Gasteiger partial charge in [0.2, 0.25) is 5.91 Å². The van der Waals surface area contributed by atoms with E-state index in [1.165, 1.54) is 31.2 Å². The molecule has 0 fully saturated rings. The number of nitrogens with zero attached hydrogens (tertiary/aromatic N) is 2. The lowest BCUT2D eigenvalue weighted by molar-refractivity contribution is -0.144. The van der Waals surface area contributed by atoms with Gasteiger partial charge in [-0.05, 0) is 92.5 Å². The number of ether oxygens (including phenoxy) is 1. The molecule has 3 rings (SSSR count). The van der Waals surface area contributed by atoms with Crippen molar-refractivity contribution in [1.82, 2.24) is 15.1 Å². The first-order valence-corrected chi connectivity index (χ1v) is 15.3. The fourth-order valence-electron chi connectivity index (χ4n) is 5.27. The summed E-state index contributed by atoms with van der Waals surface area (Å²) in [5, 5.41) is 4.77. The number of amides is 1. The molecule has 0 saturated carbocycles. The van der Waals surface area contributed by atoms with Crippen molar-refractivity contribution in [2.24, 2.45) is 0 Å². The van der Waals surface area contributed by atoms with Crippen molar-refractivity contribution in [2.75, 3.05) is 6.61 Å². The molecule has 258 valence electrons. The van der Waals surface area contributed by atoms with E-state index in [2.05, 4.69) is 23.6 Å². The zero-order valence-electron chi connectivity index (χ0n) is 26.2. The summed E-state index contributed by atoms with van der Waals surface area (Å²) in [5.74, 6) is -5.26. The van der Waals surface area contributed by atoms with Crippen LogP contribution in [0.25, 0.3) is 11.1 Å². The number of rotatable bonds is 15. The van der Waals surface area contributed by atoms with E-state index >= 15 is 8.78 Å². The number of halogens is 7. The summed E-state index contributed by atoms with van der Waals surface area (Å²) >= 11 is 5.71. The van der Waals surface area contributed by atoms with Gasteiger partial charge in [0.1, 0.15) is 17.4 Å². The number of allylic oxidation sites excluding steroid dienone is 2. The van der Waals surface area contributed by atoms with Crippen molar-refractivity contribution >= 4 is 23.5 Å². The average molecular weight is 698 g/mol. The molecule has 0 unspecified atom stereocenters. The Hall–Kier alpha value is -4.39. The van der Waals surface area contributed by atoms with Crippen molar-refractivity contribution in [2.45, 2.75) is 70.6 Å². The first kappa shape index (κ1) is 38.1. The Bertz CT molecular complexity index is 1740. The lowest BCUT2D eigenvalue weighted by Crippen LogP contribution is -2.41. The first-order valence-electron chi connectivity index (χ1n) is 14.9. The number of carbonyl (C=O) groups is 2. The Balaban J connectivity index is 2.14. The molecule has 2 aromatic carbocycles. The number of alkyl halides is 3. The number of esters is 1. The van der Waals surface area contributed by atoms with Crippen LogP contribution in [-0.2, 0) is 26.9 Å². The van der Waals surface area contributed by atoms with Gasteiger partial charge in [-0.25, -0.2) is 17.9 Å². The van der Waals surface area contributed by atoms with Crippen molar-refractivity contribution in [3.63, 3.8) is 0 Å². The number of nitrogens with one attached hydrogen (secondary N) is 1. The Morgan fingerprint density at radius 1 is 1.08 bits per heavy atom. The molecule has 2 atom stereocenters. The molecule has 1 aromatic heterocycles. The van der Waals surface area contributed by atoms with Gasteiger partial charge >= 0.3 is 12.1 Å². The van der Waals surface area contributed by atoms with Crippen LogP contribution in [0.1, 0.15) is 73.4 Å². The Kier molecular flexibility index (Phi) is 13.2. The maximum atomic E-state index is 15.6. The van der Waals surface area contributed by atoms with Gasteiger partial charge in [-0.2, -0.15) is 18.3 Å². The third-order valence-electron chi connectivity index (χ3n) is 7.40. The molecule has 0 bridgehead atoms. The summed E-state index contributed by atoms with van der Waals surface area (Å²) in [5.41, 5.74) is -1.82. The van der Waals surface area contributed by atoms with Crippen LogP contribution in [0.2, 0.25) is 5.15 Å². The first-order chi connectivity index (χ1) is 22.6. The average Bonchev–Trinajstić information content (AvgIpc) is 2.99. The van der Waals surface area contributed by atoms with Gasteiger partial charge in [0.15, 0.2) is 16.8 Å². The van der Waals surface area contributed by atoms with E-state index in [1.807, 2.05) is 0 Å². The van der Waals surface area contributed by atoms with Crippen LogP contribution < -0.4 is 10.9 Å². The smallest absolute Gasteiger partial charge is 0.419 e. The Morgan fingerprint density at radius 2 is 1.79 bits per heavy atom. The number of benzene rings is 2. The second-order valence-corrected chi connectivity index (χ2v) is 11.3. The van der Waals surface area contributed by atoms with E-state index in [-0.39, 0.29) is 24.7 Å². The predicted octanol–water partition coefficient (Wildman–Crippen LogP) is 8.13. The lowest BCUT2D eigenvalue weighted by atomic mass is 9.89. The van der Waals surface area contributed by atoms with Crippen molar-refractivity contribution in [3.8, 4) is 11.1 Å². The van der Waals surface area contributed by atoms with E-state index in [0.29, 0.717) is 34.2 Å². The SMILES string of the molecule is C=CCCCCc1cc(F)cc(C)c1-c1cc(F)c(F)c([C@H](CC(=O)OCC)NC(=O)[C@H](CC=C)n2nc(Cl)c(C(F)(F)F)cc2=O)c1. The van der Waals surface area contributed by atoms with Crippen LogP contribution >= 0.6 is 11.6 Å². The summed E-state index contributed by atoms with van der Waals surface area (Å²) in [4.78, 5) is 38.9. The minimum Gasteiger partial charge on any atom is -0.466 e. The van der Waals surface area contributed by atoms with Crippen molar-refractivity contribution < 1.29 is 40.7 Å². The Labute approximate surface area is 278 Å². The summed E-state index contributed by atoms with van der Waals surface area (Å²) in [6.07, 6.45) is -0.615. The molecule has 0 saturated heterocycles. The summed E-state index contributed by atoms with van der Waals surface area (Å²) in [7, 11) is 0. The predicted molar refractivity (Wildman–Crippen MR) is 169 cm³/mol. The van der Waals surface area contributed by atoms with E-state index in [0.717, 1.165) is 18.9 Å².